The lowest BCUT2D eigenvalue weighted by molar-refractivity contribution is 0.438. The lowest BCUT2D eigenvalue weighted by Gasteiger charge is -2.16. The number of likely N-dealkylation sites (tertiary alicyclic amines) is 1. The van der Waals surface area contributed by atoms with Gasteiger partial charge in [-0.3, -0.25) is 5.41 Å². The van der Waals surface area contributed by atoms with E-state index in [1.807, 2.05) is 11.8 Å². The summed E-state index contributed by atoms with van der Waals surface area (Å²) in [4.78, 5) is 2.22. The Kier molecular flexibility index (Phi) is 4.51. The van der Waals surface area contributed by atoms with Crippen LogP contribution in [-0.2, 0) is 0 Å². The first-order chi connectivity index (χ1) is 5.84. The minimum atomic E-state index is 0.860. The van der Waals surface area contributed by atoms with Gasteiger partial charge in [0.05, 0.1) is 5.84 Å². The van der Waals surface area contributed by atoms with Crippen LogP contribution in [0.3, 0.4) is 0 Å². The molecular weight excluding hydrogens is 168 g/mol. The van der Waals surface area contributed by atoms with Crippen molar-refractivity contribution in [1.29, 1.82) is 5.41 Å². The smallest absolute Gasteiger partial charge is 0.0958 e. The molecule has 1 aliphatic heterocycles. The minimum Gasteiger partial charge on any atom is -0.361 e. The van der Waals surface area contributed by atoms with Gasteiger partial charge < -0.3 is 4.90 Å². The summed E-state index contributed by atoms with van der Waals surface area (Å²) in [6, 6.07) is 0. The van der Waals surface area contributed by atoms with Crippen LogP contribution >= 0.6 is 11.8 Å². The lowest BCUT2D eigenvalue weighted by Crippen LogP contribution is -2.25. The zero-order valence-corrected chi connectivity index (χ0v) is 8.62. The zero-order valence-electron chi connectivity index (χ0n) is 7.81. The highest BCUT2D eigenvalue weighted by atomic mass is 32.2. The standard InChI is InChI=1S/C9H18N2S/c1-12-8-3-2-6-11-7-4-5-9(11)10/h10H,2-8H2,1H3. The molecule has 0 aromatic heterocycles. The number of nitrogens with zero attached hydrogens (tertiary/aromatic N) is 1. The molecule has 1 fully saturated rings. The molecule has 0 amide bonds. The topological polar surface area (TPSA) is 27.1 Å². The van der Waals surface area contributed by atoms with Gasteiger partial charge in [-0.15, -0.1) is 0 Å². The molecule has 0 aromatic carbocycles. The Morgan fingerprint density at radius 1 is 1.50 bits per heavy atom. The molecule has 0 bridgehead atoms. The van der Waals surface area contributed by atoms with Gasteiger partial charge in [0.1, 0.15) is 0 Å². The van der Waals surface area contributed by atoms with Crippen LogP contribution in [0.2, 0.25) is 0 Å². The fourth-order valence-corrected chi connectivity index (χ4v) is 2.02. The highest BCUT2D eigenvalue weighted by Crippen LogP contribution is 2.11. The molecule has 0 atom stereocenters. The number of thioether (sulfide) groups is 1. The molecule has 12 heavy (non-hydrogen) atoms. The summed E-state index contributed by atoms with van der Waals surface area (Å²) in [6.07, 6.45) is 6.90. The molecule has 1 aliphatic rings. The summed E-state index contributed by atoms with van der Waals surface area (Å²) in [5, 5.41) is 7.61. The van der Waals surface area contributed by atoms with Crippen LogP contribution in [0.5, 0.6) is 0 Å². The number of amidine groups is 1. The highest BCUT2D eigenvalue weighted by molar-refractivity contribution is 7.98. The Morgan fingerprint density at radius 3 is 2.92 bits per heavy atom. The molecule has 1 saturated heterocycles. The van der Waals surface area contributed by atoms with Crippen LogP contribution in [0.1, 0.15) is 25.7 Å². The van der Waals surface area contributed by atoms with Gasteiger partial charge in [0.25, 0.3) is 0 Å². The van der Waals surface area contributed by atoms with Gasteiger partial charge in [-0.1, -0.05) is 0 Å². The lowest BCUT2D eigenvalue weighted by atomic mass is 10.3. The van der Waals surface area contributed by atoms with Gasteiger partial charge in [-0.05, 0) is 31.3 Å². The molecule has 2 nitrogen and oxygen atoms in total. The Morgan fingerprint density at radius 2 is 2.33 bits per heavy atom. The number of unbranched alkanes of at least 4 members (excludes halogenated alkanes) is 1. The Labute approximate surface area is 79.2 Å². The third kappa shape index (κ3) is 3.05. The Bertz CT molecular complexity index is 147. The average molecular weight is 186 g/mol. The second kappa shape index (κ2) is 5.46. The van der Waals surface area contributed by atoms with E-state index < -0.39 is 0 Å². The Balaban J connectivity index is 2.02. The van der Waals surface area contributed by atoms with Gasteiger partial charge in [-0.25, -0.2) is 0 Å². The summed E-state index contributed by atoms with van der Waals surface area (Å²) >= 11 is 1.91. The van der Waals surface area contributed by atoms with E-state index in [0.29, 0.717) is 0 Å². The average Bonchev–Trinajstić information content (AvgIpc) is 2.46. The SMILES string of the molecule is CSCCCCN1CCCC1=N. The first-order valence-electron chi connectivity index (χ1n) is 4.66. The van der Waals surface area contributed by atoms with Crippen LogP contribution in [0, 0.1) is 5.41 Å². The van der Waals surface area contributed by atoms with Crippen molar-refractivity contribution in [3.8, 4) is 0 Å². The van der Waals surface area contributed by atoms with E-state index in [-0.39, 0.29) is 0 Å². The fourth-order valence-electron chi connectivity index (χ4n) is 1.53. The summed E-state index contributed by atoms with van der Waals surface area (Å²) in [7, 11) is 0. The number of rotatable bonds is 5. The largest absolute Gasteiger partial charge is 0.361 e. The van der Waals surface area contributed by atoms with E-state index >= 15 is 0 Å². The molecule has 0 spiro atoms. The number of hydrogen-bond acceptors (Lipinski definition) is 2. The molecule has 0 aliphatic carbocycles. The molecule has 0 saturated carbocycles. The van der Waals surface area contributed by atoms with Gasteiger partial charge in [0.15, 0.2) is 0 Å². The van der Waals surface area contributed by atoms with E-state index in [0.717, 1.165) is 25.3 Å². The maximum absolute atomic E-state index is 7.61. The van der Waals surface area contributed by atoms with Gasteiger partial charge in [0.2, 0.25) is 0 Å². The van der Waals surface area contributed by atoms with Crippen molar-refractivity contribution >= 4 is 17.6 Å². The maximum Gasteiger partial charge on any atom is 0.0958 e. The van der Waals surface area contributed by atoms with Crippen molar-refractivity contribution in [3.63, 3.8) is 0 Å². The van der Waals surface area contributed by atoms with Gasteiger partial charge >= 0.3 is 0 Å². The van der Waals surface area contributed by atoms with Crippen molar-refractivity contribution in [2.45, 2.75) is 25.7 Å². The molecule has 1 heterocycles. The van der Waals surface area contributed by atoms with Crippen molar-refractivity contribution in [2.75, 3.05) is 25.1 Å². The highest BCUT2D eigenvalue weighted by Gasteiger charge is 2.15. The van der Waals surface area contributed by atoms with Crippen LogP contribution in [0.25, 0.3) is 0 Å². The van der Waals surface area contributed by atoms with E-state index in [4.69, 9.17) is 5.41 Å². The van der Waals surface area contributed by atoms with Crippen molar-refractivity contribution in [2.24, 2.45) is 0 Å². The summed E-state index contributed by atoms with van der Waals surface area (Å²) in [6.45, 7) is 2.23. The normalized spacial score (nSPS) is 17.4. The summed E-state index contributed by atoms with van der Waals surface area (Å²) in [5.41, 5.74) is 0. The maximum atomic E-state index is 7.61. The van der Waals surface area contributed by atoms with Crippen LogP contribution < -0.4 is 0 Å². The van der Waals surface area contributed by atoms with Crippen LogP contribution in [0.4, 0.5) is 0 Å². The van der Waals surface area contributed by atoms with Gasteiger partial charge in [0, 0.05) is 19.5 Å². The molecule has 0 radical (unpaired) electrons. The predicted octanol–water partition coefficient (Wildman–Crippen LogP) is 2.20. The predicted molar refractivity (Wildman–Crippen MR) is 56.1 cm³/mol. The third-order valence-electron chi connectivity index (χ3n) is 2.25. The van der Waals surface area contributed by atoms with E-state index in [9.17, 15) is 0 Å². The fraction of sp³-hybridized carbons (Fsp3) is 0.889. The van der Waals surface area contributed by atoms with Crippen molar-refractivity contribution in [3.05, 3.63) is 0 Å². The van der Waals surface area contributed by atoms with E-state index in [2.05, 4.69) is 11.2 Å². The minimum absolute atomic E-state index is 0.860. The van der Waals surface area contributed by atoms with Crippen molar-refractivity contribution in [1.82, 2.24) is 4.90 Å². The van der Waals surface area contributed by atoms with Crippen LogP contribution in [0.15, 0.2) is 0 Å². The number of nitrogens with one attached hydrogen (secondary N) is 1. The molecule has 1 N–H and O–H groups in total. The molecule has 0 unspecified atom stereocenters. The van der Waals surface area contributed by atoms with Crippen LogP contribution in [-0.4, -0.2) is 35.8 Å². The number of hydrogen-bond donors (Lipinski definition) is 1. The Hall–Kier alpha value is -0.180. The monoisotopic (exact) mass is 186 g/mol. The molecule has 0 aromatic rings. The molecular formula is C9H18N2S. The molecule has 70 valence electrons. The summed E-state index contributed by atoms with van der Waals surface area (Å²) in [5.74, 6) is 2.13. The van der Waals surface area contributed by atoms with E-state index in [1.165, 1.54) is 25.0 Å². The first-order valence-corrected chi connectivity index (χ1v) is 6.05. The van der Waals surface area contributed by atoms with E-state index in [1.54, 1.807) is 0 Å². The second-order valence-electron chi connectivity index (χ2n) is 3.24. The first kappa shape index (κ1) is 9.90. The van der Waals surface area contributed by atoms with Crippen molar-refractivity contribution < 1.29 is 0 Å². The quantitative estimate of drug-likeness (QED) is 0.666. The zero-order chi connectivity index (χ0) is 8.81. The molecule has 1 rings (SSSR count). The second-order valence-corrected chi connectivity index (χ2v) is 4.22. The summed E-state index contributed by atoms with van der Waals surface area (Å²) < 4.78 is 0. The van der Waals surface area contributed by atoms with Gasteiger partial charge in [-0.2, -0.15) is 11.8 Å². The third-order valence-corrected chi connectivity index (χ3v) is 2.95. The molecule has 3 heteroatoms.